The molecule has 2 fully saturated rings. The summed E-state index contributed by atoms with van der Waals surface area (Å²) in [4.78, 5) is 24.5. The smallest absolute Gasteiger partial charge is 0.324 e. The number of carbonyl (C=O) groups excluding carboxylic acids is 2. The van der Waals surface area contributed by atoms with E-state index in [2.05, 4.69) is 0 Å². The normalized spacial score (nSPS) is 33.4. The van der Waals surface area contributed by atoms with E-state index >= 15 is 0 Å². The molecule has 1 aliphatic heterocycles. The van der Waals surface area contributed by atoms with Gasteiger partial charge in [0.15, 0.2) is 5.41 Å². The highest BCUT2D eigenvalue weighted by atomic mass is 16.6. The molecule has 0 aromatic heterocycles. The van der Waals surface area contributed by atoms with E-state index in [1.54, 1.807) is 0 Å². The predicted molar refractivity (Wildman–Crippen MR) is 77.8 cm³/mol. The number of benzene rings is 1. The highest BCUT2D eigenvalue weighted by Crippen LogP contribution is 2.59. The zero-order valence-corrected chi connectivity index (χ0v) is 12.8. The summed E-state index contributed by atoms with van der Waals surface area (Å²) in [5, 5.41) is 0. The monoisotopic (exact) mass is 304 g/mol. The summed E-state index contributed by atoms with van der Waals surface area (Å²) in [5.74, 6) is -0.990. The summed E-state index contributed by atoms with van der Waals surface area (Å²) >= 11 is 0. The van der Waals surface area contributed by atoms with Gasteiger partial charge in [-0.1, -0.05) is 37.3 Å². The molecule has 0 radical (unpaired) electrons. The van der Waals surface area contributed by atoms with Crippen LogP contribution in [0.25, 0.3) is 0 Å². The van der Waals surface area contributed by atoms with Gasteiger partial charge in [0.1, 0.15) is 6.61 Å². The first-order chi connectivity index (χ1) is 10.5. The molecule has 22 heavy (non-hydrogen) atoms. The van der Waals surface area contributed by atoms with Crippen LogP contribution in [0.5, 0.6) is 0 Å². The lowest BCUT2D eigenvalue weighted by Gasteiger charge is -2.34. The summed E-state index contributed by atoms with van der Waals surface area (Å²) in [6.45, 7) is 2.53. The number of fused-ring (bicyclic) bond motifs is 1. The minimum atomic E-state index is -1.22. The molecule has 1 heterocycles. The van der Waals surface area contributed by atoms with Gasteiger partial charge in [-0.2, -0.15) is 0 Å². The molecule has 1 aromatic carbocycles. The Morgan fingerprint density at radius 3 is 2.77 bits per heavy atom. The minimum Gasteiger partial charge on any atom is -0.468 e. The molecule has 2 aliphatic rings. The third-order valence-corrected chi connectivity index (χ3v) is 5.15. The van der Waals surface area contributed by atoms with Crippen molar-refractivity contribution in [2.45, 2.75) is 32.5 Å². The topological polar surface area (TPSA) is 61.8 Å². The Morgan fingerprint density at radius 1 is 1.36 bits per heavy atom. The van der Waals surface area contributed by atoms with Crippen molar-refractivity contribution in [3.05, 3.63) is 35.9 Å². The maximum absolute atomic E-state index is 12.3. The number of hydrogen-bond acceptors (Lipinski definition) is 5. The van der Waals surface area contributed by atoms with Crippen molar-refractivity contribution in [3.8, 4) is 0 Å². The molecule has 0 N–H and O–H groups in total. The van der Waals surface area contributed by atoms with Gasteiger partial charge in [0, 0.05) is 0 Å². The summed E-state index contributed by atoms with van der Waals surface area (Å²) in [7, 11) is 1.31. The molecule has 0 amide bonds. The van der Waals surface area contributed by atoms with E-state index in [0.29, 0.717) is 19.4 Å². The number of carbonyl (C=O) groups is 2. The van der Waals surface area contributed by atoms with Crippen molar-refractivity contribution in [2.75, 3.05) is 13.7 Å². The minimum absolute atomic E-state index is 0.195. The van der Waals surface area contributed by atoms with Crippen LogP contribution in [0.3, 0.4) is 0 Å². The average Bonchev–Trinajstić information content (AvgIpc) is 2.98. The van der Waals surface area contributed by atoms with Crippen LogP contribution in [0.1, 0.15) is 25.3 Å². The number of ether oxygens (including phenoxy) is 3. The fourth-order valence-electron chi connectivity index (χ4n) is 3.75. The molecule has 1 saturated heterocycles. The van der Waals surface area contributed by atoms with Gasteiger partial charge >= 0.3 is 11.9 Å². The fraction of sp³-hybridized carbons (Fsp3) is 0.529. The predicted octanol–water partition coefficient (Wildman–Crippen LogP) is 2.09. The van der Waals surface area contributed by atoms with Crippen molar-refractivity contribution in [1.29, 1.82) is 0 Å². The quantitative estimate of drug-likeness (QED) is 0.629. The van der Waals surface area contributed by atoms with Crippen LogP contribution in [0, 0.1) is 10.8 Å². The molecule has 0 unspecified atom stereocenters. The number of hydrogen-bond donors (Lipinski definition) is 0. The standard InChI is InChI=1S/C17H20O5/c1-16-11-22-15(19)17(16,14(18)20-2)9-8-13(16)21-10-12-6-4-3-5-7-12/h3-7,13H,8-11H2,1-2H3/t13-,16-,17+/m1/s1. The molecule has 5 heteroatoms. The third kappa shape index (κ3) is 1.96. The van der Waals surface area contributed by atoms with Crippen molar-refractivity contribution < 1.29 is 23.8 Å². The second-order valence-corrected chi connectivity index (χ2v) is 6.21. The van der Waals surface area contributed by atoms with Crippen LogP contribution in [0.15, 0.2) is 30.3 Å². The first-order valence-corrected chi connectivity index (χ1v) is 7.46. The Labute approximate surface area is 129 Å². The zero-order valence-electron chi connectivity index (χ0n) is 12.8. The molecule has 5 nitrogen and oxygen atoms in total. The molecule has 0 spiro atoms. The maximum atomic E-state index is 12.3. The zero-order chi connectivity index (χ0) is 15.8. The van der Waals surface area contributed by atoms with Crippen molar-refractivity contribution >= 4 is 11.9 Å². The molecular formula is C17H20O5. The molecule has 1 aliphatic carbocycles. The molecule has 1 saturated carbocycles. The second-order valence-electron chi connectivity index (χ2n) is 6.21. The highest BCUT2D eigenvalue weighted by molar-refractivity contribution is 6.03. The average molecular weight is 304 g/mol. The van der Waals surface area contributed by atoms with E-state index in [1.807, 2.05) is 37.3 Å². The van der Waals surface area contributed by atoms with Crippen LogP contribution in [0.4, 0.5) is 0 Å². The second kappa shape index (κ2) is 5.39. The molecule has 3 rings (SSSR count). The van der Waals surface area contributed by atoms with Gasteiger partial charge in [0.25, 0.3) is 0 Å². The third-order valence-electron chi connectivity index (χ3n) is 5.15. The van der Waals surface area contributed by atoms with Gasteiger partial charge < -0.3 is 14.2 Å². The van der Waals surface area contributed by atoms with Gasteiger partial charge in [0.05, 0.1) is 25.2 Å². The Balaban J connectivity index is 1.81. The first kappa shape index (κ1) is 15.0. The summed E-state index contributed by atoms with van der Waals surface area (Å²) in [5.41, 5.74) is -0.832. The van der Waals surface area contributed by atoms with E-state index in [0.717, 1.165) is 5.56 Å². The van der Waals surface area contributed by atoms with Crippen LogP contribution >= 0.6 is 0 Å². The highest BCUT2D eigenvalue weighted by Gasteiger charge is 2.72. The molecular weight excluding hydrogens is 284 g/mol. The molecule has 1 aromatic rings. The Morgan fingerprint density at radius 2 is 2.09 bits per heavy atom. The van der Waals surface area contributed by atoms with Crippen LogP contribution in [-0.4, -0.2) is 31.8 Å². The number of esters is 2. The van der Waals surface area contributed by atoms with E-state index in [9.17, 15) is 9.59 Å². The molecule has 0 bridgehead atoms. The fourth-order valence-corrected chi connectivity index (χ4v) is 3.75. The van der Waals surface area contributed by atoms with E-state index in [1.165, 1.54) is 7.11 Å². The van der Waals surface area contributed by atoms with Crippen LogP contribution in [-0.2, 0) is 30.4 Å². The SMILES string of the molecule is COC(=O)[C@]12CC[C@@H](OCc3ccccc3)[C@@]1(C)COC2=O. The largest absolute Gasteiger partial charge is 0.468 e. The number of methoxy groups -OCH3 is 1. The van der Waals surface area contributed by atoms with Gasteiger partial charge in [-0.15, -0.1) is 0 Å². The van der Waals surface area contributed by atoms with Crippen LogP contribution < -0.4 is 0 Å². The van der Waals surface area contributed by atoms with Crippen molar-refractivity contribution in [3.63, 3.8) is 0 Å². The summed E-state index contributed by atoms with van der Waals surface area (Å²) in [6.07, 6.45) is 0.848. The van der Waals surface area contributed by atoms with Gasteiger partial charge in [-0.05, 0) is 18.4 Å². The van der Waals surface area contributed by atoms with Crippen molar-refractivity contribution in [2.24, 2.45) is 10.8 Å². The Hall–Kier alpha value is -1.88. The lowest BCUT2D eigenvalue weighted by molar-refractivity contribution is -0.167. The lowest BCUT2D eigenvalue weighted by atomic mass is 9.68. The van der Waals surface area contributed by atoms with E-state index < -0.39 is 22.8 Å². The van der Waals surface area contributed by atoms with Crippen molar-refractivity contribution in [1.82, 2.24) is 0 Å². The Kier molecular flexibility index (Phi) is 3.68. The lowest BCUT2D eigenvalue weighted by Crippen LogP contribution is -2.48. The first-order valence-electron chi connectivity index (χ1n) is 7.46. The van der Waals surface area contributed by atoms with Gasteiger partial charge in [0.2, 0.25) is 0 Å². The molecule has 118 valence electrons. The van der Waals surface area contributed by atoms with E-state index in [-0.39, 0.29) is 12.7 Å². The number of cyclic esters (lactones) is 1. The van der Waals surface area contributed by atoms with E-state index in [4.69, 9.17) is 14.2 Å². The van der Waals surface area contributed by atoms with Crippen LogP contribution in [0.2, 0.25) is 0 Å². The van der Waals surface area contributed by atoms with Gasteiger partial charge in [-0.3, -0.25) is 9.59 Å². The Bertz CT molecular complexity index is 584. The van der Waals surface area contributed by atoms with Gasteiger partial charge in [-0.25, -0.2) is 0 Å². The summed E-state index contributed by atoms with van der Waals surface area (Å²) in [6, 6.07) is 9.83. The summed E-state index contributed by atoms with van der Waals surface area (Å²) < 4.78 is 16.1. The number of rotatable bonds is 4. The molecule has 3 atom stereocenters. The maximum Gasteiger partial charge on any atom is 0.324 e.